The molecule has 1 aliphatic carbocycles. The number of benzene rings is 2. The van der Waals surface area contributed by atoms with Crippen molar-refractivity contribution in [3.05, 3.63) is 60.2 Å². The van der Waals surface area contributed by atoms with Crippen molar-refractivity contribution in [1.82, 2.24) is 4.90 Å². The fourth-order valence-electron chi connectivity index (χ4n) is 4.50. The standard InChI is InChI=1S/C24H30N2O3/c1-29-22-13-6-5-12-21(22)26-16-14-25(15-17-26)18-23(27)24(28,20-10-7-11-20)19-8-3-2-4-9-19/h2-6,8-9,12-13,20,28H,7,10-11,14-18H2,1H3. The summed E-state index contributed by atoms with van der Waals surface area (Å²) in [6, 6.07) is 17.5. The van der Waals surface area contributed by atoms with Crippen molar-refractivity contribution >= 4 is 11.5 Å². The van der Waals surface area contributed by atoms with Gasteiger partial charge in [-0.2, -0.15) is 0 Å². The Morgan fingerprint density at radius 2 is 1.69 bits per heavy atom. The first-order valence-corrected chi connectivity index (χ1v) is 10.5. The van der Waals surface area contributed by atoms with E-state index < -0.39 is 5.60 Å². The third kappa shape index (κ3) is 3.89. The number of carbonyl (C=O) groups excluding carboxylic acids is 1. The average molecular weight is 395 g/mol. The number of methoxy groups -OCH3 is 1. The molecule has 0 aromatic heterocycles. The van der Waals surface area contributed by atoms with Crippen LogP contribution >= 0.6 is 0 Å². The van der Waals surface area contributed by atoms with Crippen molar-refractivity contribution in [2.75, 3.05) is 44.7 Å². The molecule has 2 fully saturated rings. The van der Waals surface area contributed by atoms with E-state index in [2.05, 4.69) is 15.9 Å². The van der Waals surface area contributed by atoms with Gasteiger partial charge in [-0.25, -0.2) is 0 Å². The third-order valence-electron chi connectivity index (χ3n) is 6.50. The summed E-state index contributed by atoms with van der Waals surface area (Å²) in [4.78, 5) is 17.8. The van der Waals surface area contributed by atoms with Crippen molar-refractivity contribution in [3.8, 4) is 5.75 Å². The van der Waals surface area contributed by atoms with Gasteiger partial charge in [0.15, 0.2) is 11.4 Å². The van der Waals surface area contributed by atoms with Crippen LogP contribution in [-0.4, -0.2) is 55.6 Å². The van der Waals surface area contributed by atoms with Crippen LogP contribution in [-0.2, 0) is 10.4 Å². The van der Waals surface area contributed by atoms with Gasteiger partial charge in [0.05, 0.1) is 19.3 Å². The molecule has 154 valence electrons. The molecule has 1 unspecified atom stereocenters. The molecular weight excluding hydrogens is 364 g/mol. The molecule has 2 aromatic rings. The molecule has 2 aliphatic rings. The lowest BCUT2D eigenvalue weighted by Crippen LogP contribution is -2.53. The number of ketones is 1. The summed E-state index contributed by atoms with van der Waals surface area (Å²) in [5.41, 5.74) is 0.470. The summed E-state index contributed by atoms with van der Waals surface area (Å²) >= 11 is 0. The summed E-state index contributed by atoms with van der Waals surface area (Å²) in [7, 11) is 1.69. The highest BCUT2D eigenvalue weighted by molar-refractivity contribution is 5.90. The van der Waals surface area contributed by atoms with E-state index in [0.717, 1.165) is 62.4 Å². The Labute approximate surface area is 172 Å². The van der Waals surface area contributed by atoms with Gasteiger partial charge in [0.2, 0.25) is 0 Å². The molecule has 1 saturated carbocycles. The molecule has 2 aromatic carbocycles. The monoisotopic (exact) mass is 394 g/mol. The topological polar surface area (TPSA) is 53.0 Å². The lowest BCUT2D eigenvalue weighted by Gasteiger charge is -2.42. The summed E-state index contributed by atoms with van der Waals surface area (Å²) < 4.78 is 5.49. The number of aliphatic hydroxyl groups is 1. The number of rotatable bonds is 7. The smallest absolute Gasteiger partial charge is 0.183 e. The van der Waals surface area contributed by atoms with E-state index in [-0.39, 0.29) is 11.7 Å². The second-order valence-electron chi connectivity index (χ2n) is 8.12. The lowest BCUT2D eigenvalue weighted by atomic mass is 9.67. The second kappa shape index (κ2) is 8.56. The van der Waals surface area contributed by atoms with Crippen LogP contribution in [0.1, 0.15) is 24.8 Å². The van der Waals surface area contributed by atoms with Crippen molar-refractivity contribution in [2.45, 2.75) is 24.9 Å². The van der Waals surface area contributed by atoms with Gasteiger partial charge in [0.25, 0.3) is 0 Å². The number of para-hydroxylation sites is 2. The third-order valence-corrected chi connectivity index (χ3v) is 6.50. The molecule has 5 nitrogen and oxygen atoms in total. The van der Waals surface area contributed by atoms with Crippen molar-refractivity contribution in [2.24, 2.45) is 5.92 Å². The average Bonchev–Trinajstić information content (AvgIpc) is 2.73. The summed E-state index contributed by atoms with van der Waals surface area (Å²) in [5, 5.41) is 11.5. The van der Waals surface area contributed by atoms with E-state index in [1.54, 1.807) is 7.11 Å². The van der Waals surface area contributed by atoms with E-state index in [9.17, 15) is 9.90 Å². The van der Waals surface area contributed by atoms with Gasteiger partial charge in [-0.3, -0.25) is 9.69 Å². The Kier molecular flexibility index (Phi) is 5.88. The first-order chi connectivity index (χ1) is 14.1. The molecule has 29 heavy (non-hydrogen) atoms. The fourth-order valence-corrected chi connectivity index (χ4v) is 4.50. The first kappa shape index (κ1) is 19.9. The molecule has 1 aliphatic heterocycles. The molecule has 1 N–H and O–H groups in total. The molecule has 0 spiro atoms. The van der Waals surface area contributed by atoms with Gasteiger partial charge in [0, 0.05) is 26.2 Å². The van der Waals surface area contributed by atoms with Gasteiger partial charge in [-0.05, 0) is 36.5 Å². The number of nitrogens with zero attached hydrogens (tertiary/aromatic N) is 2. The van der Waals surface area contributed by atoms with Crippen LogP contribution in [0.5, 0.6) is 5.75 Å². The fraction of sp³-hybridized carbons (Fsp3) is 0.458. The van der Waals surface area contributed by atoms with Crippen molar-refractivity contribution in [1.29, 1.82) is 0 Å². The number of hydrogen-bond donors (Lipinski definition) is 1. The number of hydrogen-bond acceptors (Lipinski definition) is 5. The zero-order valence-electron chi connectivity index (χ0n) is 17.1. The molecular formula is C24H30N2O3. The minimum Gasteiger partial charge on any atom is -0.495 e. The van der Waals surface area contributed by atoms with Crippen LogP contribution in [0.2, 0.25) is 0 Å². The Morgan fingerprint density at radius 1 is 1.03 bits per heavy atom. The first-order valence-electron chi connectivity index (χ1n) is 10.5. The largest absolute Gasteiger partial charge is 0.495 e. The van der Waals surface area contributed by atoms with E-state index >= 15 is 0 Å². The molecule has 4 rings (SSSR count). The highest BCUT2D eigenvalue weighted by Gasteiger charge is 2.47. The van der Waals surface area contributed by atoms with Crippen LogP contribution in [0.4, 0.5) is 5.69 Å². The van der Waals surface area contributed by atoms with Crippen LogP contribution in [0, 0.1) is 5.92 Å². The number of carbonyl (C=O) groups is 1. The molecule has 1 saturated heterocycles. The number of anilines is 1. The normalized spacial score (nSPS) is 20.0. The van der Waals surface area contributed by atoms with Crippen molar-refractivity contribution < 1.29 is 14.6 Å². The highest BCUT2D eigenvalue weighted by Crippen LogP contribution is 2.43. The Balaban J connectivity index is 1.42. The number of Topliss-reactive ketones (excluding diaryl/α,β-unsaturated/α-hetero) is 1. The van der Waals surface area contributed by atoms with Gasteiger partial charge in [-0.15, -0.1) is 0 Å². The Hall–Kier alpha value is -2.37. The lowest BCUT2D eigenvalue weighted by molar-refractivity contribution is -0.150. The van der Waals surface area contributed by atoms with Crippen molar-refractivity contribution in [3.63, 3.8) is 0 Å². The van der Waals surface area contributed by atoms with E-state index in [1.807, 2.05) is 48.5 Å². The van der Waals surface area contributed by atoms with E-state index in [4.69, 9.17) is 4.74 Å². The maximum Gasteiger partial charge on any atom is 0.183 e. The molecule has 1 atom stereocenters. The van der Waals surface area contributed by atoms with Crippen LogP contribution < -0.4 is 9.64 Å². The summed E-state index contributed by atoms with van der Waals surface area (Å²) in [5.74, 6) is 0.840. The predicted molar refractivity (Wildman–Crippen MR) is 114 cm³/mol. The molecule has 0 amide bonds. The molecule has 5 heteroatoms. The minimum absolute atomic E-state index is 0.0345. The highest BCUT2D eigenvalue weighted by atomic mass is 16.5. The van der Waals surface area contributed by atoms with Crippen LogP contribution in [0.25, 0.3) is 0 Å². The summed E-state index contributed by atoms with van der Waals surface area (Å²) in [6.07, 6.45) is 2.92. The number of ether oxygens (including phenoxy) is 1. The quantitative estimate of drug-likeness (QED) is 0.782. The second-order valence-corrected chi connectivity index (χ2v) is 8.12. The van der Waals surface area contributed by atoms with Gasteiger partial charge in [-0.1, -0.05) is 48.9 Å². The zero-order chi connectivity index (χ0) is 20.3. The Morgan fingerprint density at radius 3 is 2.31 bits per heavy atom. The maximum atomic E-state index is 13.3. The van der Waals surface area contributed by atoms with Crippen LogP contribution in [0.15, 0.2) is 54.6 Å². The van der Waals surface area contributed by atoms with Crippen LogP contribution in [0.3, 0.4) is 0 Å². The zero-order valence-corrected chi connectivity index (χ0v) is 17.1. The number of piperazine rings is 1. The van der Waals surface area contributed by atoms with Gasteiger partial charge >= 0.3 is 0 Å². The SMILES string of the molecule is COc1ccccc1N1CCN(CC(=O)C(O)(c2ccccc2)C2CCC2)CC1. The maximum absolute atomic E-state index is 13.3. The minimum atomic E-state index is -1.36. The molecule has 1 heterocycles. The predicted octanol–water partition coefficient (Wildman–Crippen LogP) is 3.07. The van der Waals surface area contributed by atoms with E-state index in [0.29, 0.717) is 6.54 Å². The van der Waals surface area contributed by atoms with Gasteiger partial charge in [0.1, 0.15) is 5.75 Å². The molecule has 0 bridgehead atoms. The van der Waals surface area contributed by atoms with Gasteiger partial charge < -0.3 is 14.7 Å². The molecule has 0 radical (unpaired) electrons. The summed E-state index contributed by atoms with van der Waals surface area (Å²) in [6.45, 7) is 3.54. The van der Waals surface area contributed by atoms with E-state index in [1.165, 1.54) is 0 Å². The Bertz CT molecular complexity index is 829.